The van der Waals surface area contributed by atoms with Crippen LogP contribution in [0.1, 0.15) is 39.7 Å². The zero-order valence-electron chi connectivity index (χ0n) is 16.3. The lowest BCUT2D eigenvalue weighted by Gasteiger charge is -2.11. The van der Waals surface area contributed by atoms with E-state index in [9.17, 15) is 4.79 Å². The third kappa shape index (κ3) is 5.01. The summed E-state index contributed by atoms with van der Waals surface area (Å²) in [5, 5.41) is 7.35. The number of halogens is 1. The Morgan fingerprint density at radius 2 is 2.04 bits per heavy atom. The first-order valence-electron chi connectivity index (χ1n) is 9.25. The summed E-state index contributed by atoms with van der Waals surface area (Å²) in [6.07, 6.45) is 1.91. The average molecular weight is 442 g/mol. The SMILES string of the molecule is CCn1cc(Br)c(CNC(=O)c2cccc(COc3cc(C)ccc3C)c2)n1. The van der Waals surface area contributed by atoms with Gasteiger partial charge in [-0.3, -0.25) is 9.48 Å². The number of benzene rings is 2. The average Bonchev–Trinajstić information content (AvgIpc) is 3.07. The third-order valence-corrected chi connectivity index (χ3v) is 5.12. The highest BCUT2D eigenvalue weighted by Crippen LogP contribution is 2.21. The van der Waals surface area contributed by atoms with Crippen LogP contribution in [-0.4, -0.2) is 15.7 Å². The molecule has 1 heterocycles. The minimum absolute atomic E-state index is 0.133. The fourth-order valence-corrected chi connectivity index (χ4v) is 3.27. The Morgan fingerprint density at radius 1 is 1.21 bits per heavy atom. The van der Waals surface area contributed by atoms with E-state index in [0.717, 1.165) is 39.2 Å². The molecule has 0 fully saturated rings. The summed E-state index contributed by atoms with van der Waals surface area (Å²) >= 11 is 3.48. The van der Waals surface area contributed by atoms with Gasteiger partial charge in [-0.1, -0.05) is 24.3 Å². The van der Waals surface area contributed by atoms with Crippen LogP contribution in [0.2, 0.25) is 0 Å². The number of aromatic nitrogens is 2. The number of nitrogens with zero attached hydrogens (tertiary/aromatic N) is 2. The molecule has 2 aromatic carbocycles. The number of carbonyl (C=O) groups is 1. The molecule has 0 aliphatic heterocycles. The van der Waals surface area contributed by atoms with Crippen molar-refractivity contribution in [1.29, 1.82) is 0 Å². The Kier molecular flexibility index (Phi) is 6.52. The Balaban J connectivity index is 1.62. The molecule has 0 saturated heterocycles. The molecule has 146 valence electrons. The highest BCUT2D eigenvalue weighted by molar-refractivity contribution is 9.10. The van der Waals surface area contributed by atoms with Gasteiger partial charge < -0.3 is 10.1 Å². The van der Waals surface area contributed by atoms with E-state index in [1.165, 1.54) is 0 Å². The summed E-state index contributed by atoms with van der Waals surface area (Å²) < 4.78 is 8.67. The van der Waals surface area contributed by atoms with Crippen molar-refractivity contribution in [3.63, 3.8) is 0 Å². The van der Waals surface area contributed by atoms with E-state index in [1.807, 2.05) is 62.0 Å². The first-order valence-corrected chi connectivity index (χ1v) is 10.0. The summed E-state index contributed by atoms with van der Waals surface area (Å²) in [5.41, 5.74) is 4.62. The second-order valence-corrected chi connectivity index (χ2v) is 7.57. The number of aryl methyl sites for hydroxylation is 3. The number of hydrogen-bond acceptors (Lipinski definition) is 3. The smallest absolute Gasteiger partial charge is 0.251 e. The van der Waals surface area contributed by atoms with E-state index in [2.05, 4.69) is 32.4 Å². The van der Waals surface area contributed by atoms with Crippen molar-refractivity contribution in [1.82, 2.24) is 15.1 Å². The van der Waals surface area contributed by atoms with Crippen molar-refractivity contribution in [3.05, 3.63) is 81.1 Å². The van der Waals surface area contributed by atoms with Crippen LogP contribution in [-0.2, 0) is 19.7 Å². The molecule has 0 bridgehead atoms. The third-order valence-electron chi connectivity index (χ3n) is 4.45. The van der Waals surface area contributed by atoms with E-state index in [-0.39, 0.29) is 5.91 Å². The topological polar surface area (TPSA) is 56.2 Å². The molecule has 6 heteroatoms. The summed E-state index contributed by atoms with van der Waals surface area (Å²) in [5.74, 6) is 0.734. The predicted octanol–water partition coefficient (Wildman–Crippen LogP) is 4.79. The molecule has 0 atom stereocenters. The van der Waals surface area contributed by atoms with Gasteiger partial charge >= 0.3 is 0 Å². The van der Waals surface area contributed by atoms with Crippen molar-refractivity contribution < 1.29 is 9.53 Å². The molecule has 1 amide bonds. The van der Waals surface area contributed by atoms with Crippen molar-refractivity contribution in [2.24, 2.45) is 0 Å². The summed E-state index contributed by atoms with van der Waals surface area (Å²) in [6.45, 7) is 7.66. The summed E-state index contributed by atoms with van der Waals surface area (Å²) in [4.78, 5) is 12.5. The lowest BCUT2D eigenvalue weighted by molar-refractivity contribution is 0.0950. The molecule has 0 spiro atoms. The number of rotatable bonds is 7. The van der Waals surface area contributed by atoms with Gasteiger partial charge in [0.25, 0.3) is 5.91 Å². The van der Waals surface area contributed by atoms with Crippen LogP contribution in [0.4, 0.5) is 0 Å². The molecule has 28 heavy (non-hydrogen) atoms. The van der Waals surface area contributed by atoms with Crippen molar-refractivity contribution in [2.45, 2.75) is 40.5 Å². The van der Waals surface area contributed by atoms with Crippen LogP contribution in [0.5, 0.6) is 5.75 Å². The normalized spacial score (nSPS) is 10.7. The summed E-state index contributed by atoms with van der Waals surface area (Å²) in [7, 11) is 0. The maximum absolute atomic E-state index is 12.5. The van der Waals surface area contributed by atoms with Gasteiger partial charge in [-0.2, -0.15) is 5.10 Å². The second-order valence-electron chi connectivity index (χ2n) is 6.72. The standard InChI is InChI=1S/C22H24BrN3O2/c1-4-26-13-19(23)20(25-26)12-24-22(27)18-7-5-6-17(11-18)14-28-21-10-15(2)8-9-16(21)3/h5-11,13H,4,12,14H2,1-3H3,(H,24,27). The van der Waals surface area contributed by atoms with Gasteiger partial charge in [0.2, 0.25) is 0 Å². The second kappa shape index (κ2) is 9.06. The first-order chi connectivity index (χ1) is 13.5. The fourth-order valence-electron chi connectivity index (χ4n) is 2.81. The van der Waals surface area contributed by atoms with Crippen LogP contribution in [0, 0.1) is 13.8 Å². The van der Waals surface area contributed by atoms with Crippen LogP contribution in [0.15, 0.2) is 53.1 Å². The molecule has 0 aliphatic rings. The maximum atomic E-state index is 12.5. The Bertz CT molecular complexity index is 982. The molecule has 0 radical (unpaired) electrons. The lowest BCUT2D eigenvalue weighted by Crippen LogP contribution is -2.23. The number of amides is 1. The molecule has 5 nitrogen and oxygen atoms in total. The number of ether oxygens (including phenoxy) is 1. The first kappa shape index (κ1) is 20.1. The Labute approximate surface area is 173 Å². The van der Waals surface area contributed by atoms with Crippen molar-refractivity contribution >= 4 is 21.8 Å². The van der Waals surface area contributed by atoms with Gasteiger partial charge in [0.1, 0.15) is 12.4 Å². The molecule has 3 aromatic rings. The number of nitrogens with one attached hydrogen (secondary N) is 1. The van der Waals surface area contributed by atoms with E-state index in [1.54, 1.807) is 6.07 Å². The van der Waals surface area contributed by atoms with Gasteiger partial charge in [0.15, 0.2) is 0 Å². The highest BCUT2D eigenvalue weighted by atomic mass is 79.9. The van der Waals surface area contributed by atoms with Crippen molar-refractivity contribution in [2.75, 3.05) is 0 Å². The number of hydrogen-bond donors (Lipinski definition) is 1. The Hall–Kier alpha value is -2.60. The van der Waals surface area contributed by atoms with Gasteiger partial charge in [-0.15, -0.1) is 0 Å². The van der Waals surface area contributed by atoms with Crippen LogP contribution in [0.3, 0.4) is 0 Å². The molecule has 0 unspecified atom stereocenters. The quantitative estimate of drug-likeness (QED) is 0.573. The molecule has 3 rings (SSSR count). The minimum Gasteiger partial charge on any atom is -0.489 e. The largest absolute Gasteiger partial charge is 0.489 e. The van der Waals surface area contributed by atoms with Crippen molar-refractivity contribution in [3.8, 4) is 5.75 Å². The van der Waals surface area contributed by atoms with Gasteiger partial charge in [-0.25, -0.2) is 0 Å². The molecule has 1 aromatic heterocycles. The van der Waals surface area contributed by atoms with Crippen LogP contribution >= 0.6 is 15.9 Å². The molecule has 1 N–H and O–H groups in total. The van der Waals surface area contributed by atoms with E-state index >= 15 is 0 Å². The monoisotopic (exact) mass is 441 g/mol. The molecule has 0 saturated carbocycles. The summed E-state index contributed by atoms with van der Waals surface area (Å²) in [6, 6.07) is 13.6. The molecule has 0 aliphatic carbocycles. The van der Waals surface area contributed by atoms with E-state index in [4.69, 9.17) is 4.74 Å². The van der Waals surface area contributed by atoms with Crippen LogP contribution in [0.25, 0.3) is 0 Å². The van der Waals surface area contributed by atoms with Gasteiger partial charge in [0, 0.05) is 18.3 Å². The molecular weight excluding hydrogens is 418 g/mol. The van der Waals surface area contributed by atoms with E-state index < -0.39 is 0 Å². The highest BCUT2D eigenvalue weighted by Gasteiger charge is 2.10. The Morgan fingerprint density at radius 3 is 2.79 bits per heavy atom. The predicted molar refractivity (Wildman–Crippen MR) is 113 cm³/mol. The van der Waals surface area contributed by atoms with E-state index in [0.29, 0.717) is 18.7 Å². The zero-order chi connectivity index (χ0) is 20.1. The lowest BCUT2D eigenvalue weighted by atomic mass is 10.1. The van der Waals surface area contributed by atoms with Crippen LogP contribution < -0.4 is 10.1 Å². The fraction of sp³-hybridized carbons (Fsp3) is 0.273. The number of carbonyl (C=O) groups excluding carboxylic acids is 1. The minimum atomic E-state index is -0.133. The van der Waals surface area contributed by atoms with Gasteiger partial charge in [-0.05, 0) is 71.6 Å². The van der Waals surface area contributed by atoms with Gasteiger partial charge in [0.05, 0.1) is 16.7 Å². The zero-order valence-corrected chi connectivity index (χ0v) is 17.9. The molecular formula is C22H24BrN3O2. The maximum Gasteiger partial charge on any atom is 0.251 e.